The Morgan fingerprint density at radius 3 is 2.36 bits per heavy atom. The van der Waals surface area contributed by atoms with E-state index in [1.54, 1.807) is 58.9 Å². The molecule has 1 fully saturated rings. The molecule has 0 saturated carbocycles. The number of halogens is 2. The Hall–Kier alpha value is -1.34. The van der Waals surface area contributed by atoms with Gasteiger partial charge in [0.1, 0.15) is 30.1 Å². The minimum Gasteiger partial charge on any atom is -0.444 e. The van der Waals surface area contributed by atoms with Gasteiger partial charge in [-0.25, -0.2) is 13.6 Å². The maximum Gasteiger partial charge on any atom is 0.413 e. The van der Waals surface area contributed by atoms with Gasteiger partial charge in [-0.2, -0.15) is 0 Å². The molecule has 1 saturated heterocycles. The number of ether oxygens (including phenoxy) is 2. The van der Waals surface area contributed by atoms with E-state index in [1.807, 2.05) is 0 Å². The molecule has 0 bridgehead atoms. The van der Waals surface area contributed by atoms with Crippen molar-refractivity contribution in [2.45, 2.75) is 63.0 Å². The molecule has 0 spiro atoms. The number of amides is 1. The second-order valence-electron chi connectivity index (χ2n) is 7.38. The maximum absolute atomic E-state index is 13.8. The van der Waals surface area contributed by atoms with Crippen LogP contribution >= 0.6 is 11.8 Å². The average molecular weight is 373 g/mol. The maximum atomic E-state index is 13.8. The molecule has 1 aliphatic rings. The van der Waals surface area contributed by atoms with Crippen LogP contribution in [0.15, 0.2) is 29.2 Å². The third-order valence-corrected chi connectivity index (χ3v) is 4.57. The zero-order valence-corrected chi connectivity index (χ0v) is 16.0. The molecule has 2 atom stereocenters. The highest BCUT2D eigenvalue weighted by Gasteiger charge is 2.51. The summed E-state index contributed by atoms with van der Waals surface area (Å²) in [6.07, 6.45) is -1.22. The van der Waals surface area contributed by atoms with E-state index in [-0.39, 0.29) is 0 Å². The van der Waals surface area contributed by atoms with E-state index in [4.69, 9.17) is 9.47 Å². The molecule has 4 nitrogen and oxygen atoms in total. The number of hydrogen-bond donors (Lipinski definition) is 0. The first-order valence-electron chi connectivity index (χ1n) is 8.14. The summed E-state index contributed by atoms with van der Waals surface area (Å²) in [5, 5.41) is 0. The van der Waals surface area contributed by atoms with E-state index >= 15 is 0 Å². The molecule has 0 N–H and O–H groups in total. The summed E-state index contributed by atoms with van der Waals surface area (Å²) in [5.74, 6) is 0. The van der Waals surface area contributed by atoms with E-state index in [2.05, 4.69) is 0 Å². The molecule has 140 valence electrons. The smallest absolute Gasteiger partial charge is 0.413 e. The predicted octanol–water partition coefficient (Wildman–Crippen LogP) is 5.09. The van der Waals surface area contributed by atoms with Gasteiger partial charge >= 0.3 is 6.09 Å². The lowest BCUT2D eigenvalue weighted by Crippen LogP contribution is -2.50. The van der Waals surface area contributed by atoms with Gasteiger partial charge in [0.15, 0.2) is 0 Å². The number of benzene rings is 1. The predicted molar refractivity (Wildman–Crippen MR) is 94.0 cm³/mol. The van der Waals surface area contributed by atoms with Gasteiger partial charge in [0.25, 0.3) is 0 Å². The van der Waals surface area contributed by atoms with Crippen LogP contribution in [0.2, 0.25) is 0 Å². The molecular formula is C18H25F2NO3S. The number of thioether (sulfide) groups is 1. The lowest BCUT2D eigenvalue weighted by atomic mass is 10.0. The van der Waals surface area contributed by atoms with Gasteiger partial charge in [0, 0.05) is 4.90 Å². The van der Waals surface area contributed by atoms with Crippen molar-refractivity contribution in [3.05, 3.63) is 29.8 Å². The summed E-state index contributed by atoms with van der Waals surface area (Å²) in [7, 11) is 0. The third-order valence-electron chi connectivity index (χ3n) is 3.85. The molecule has 0 aromatic heterocycles. The molecule has 1 unspecified atom stereocenters. The van der Waals surface area contributed by atoms with Crippen molar-refractivity contribution in [1.29, 1.82) is 0 Å². The van der Waals surface area contributed by atoms with Crippen molar-refractivity contribution in [3.63, 3.8) is 0 Å². The van der Waals surface area contributed by atoms with Gasteiger partial charge in [-0.15, -0.1) is 0 Å². The number of rotatable bonds is 4. The van der Waals surface area contributed by atoms with Crippen LogP contribution in [0.25, 0.3) is 0 Å². The number of hydrogen-bond acceptors (Lipinski definition) is 4. The molecule has 2 rings (SSSR count). The standard InChI is InChI=1S/C18H25F2NO3S/c1-17(2,3)24-16(22)21-14(10-19)15(23-18(21,4)5)12-6-8-13(9-7-12)25-11-20/h6-9,14-15H,10-11H2,1-5H3/t14-,15?/m0/s1. The fraction of sp³-hybridized carbons (Fsp3) is 0.611. The summed E-state index contributed by atoms with van der Waals surface area (Å²) >= 11 is 1.08. The van der Waals surface area contributed by atoms with Crippen LogP contribution < -0.4 is 0 Å². The monoisotopic (exact) mass is 373 g/mol. The number of nitrogens with zero attached hydrogens (tertiary/aromatic N) is 1. The van der Waals surface area contributed by atoms with E-state index in [0.29, 0.717) is 0 Å². The fourth-order valence-electron chi connectivity index (χ4n) is 2.90. The van der Waals surface area contributed by atoms with Crippen molar-refractivity contribution < 1.29 is 23.0 Å². The van der Waals surface area contributed by atoms with Gasteiger partial charge < -0.3 is 9.47 Å². The van der Waals surface area contributed by atoms with Gasteiger partial charge in [-0.05, 0) is 52.3 Å². The van der Waals surface area contributed by atoms with Crippen LogP contribution in [0.1, 0.15) is 46.3 Å². The van der Waals surface area contributed by atoms with Gasteiger partial charge in [0.2, 0.25) is 0 Å². The SMILES string of the molecule is CC(C)(C)OC(=O)N1[C@@H](CF)C(c2ccc(SCF)cc2)OC1(C)C. The summed E-state index contributed by atoms with van der Waals surface area (Å²) in [4.78, 5) is 14.7. The van der Waals surface area contributed by atoms with Crippen LogP contribution in [-0.4, -0.2) is 41.0 Å². The highest BCUT2D eigenvalue weighted by Crippen LogP contribution is 2.42. The molecule has 1 aromatic carbocycles. The quantitative estimate of drug-likeness (QED) is 0.689. The van der Waals surface area contributed by atoms with Gasteiger partial charge in [-0.1, -0.05) is 23.9 Å². The zero-order chi connectivity index (χ0) is 18.8. The van der Waals surface area contributed by atoms with E-state index in [0.717, 1.165) is 22.2 Å². The first-order chi connectivity index (χ1) is 11.6. The fourth-order valence-corrected chi connectivity index (χ4v) is 3.36. The Bertz CT molecular complexity index is 601. The van der Waals surface area contributed by atoms with Gasteiger partial charge in [0.05, 0.1) is 6.04 Å². The normalized spacial score (nSPS) is 22.9. The largest absolute Gasteiger partial charge is 0.444 e. The van der Waals surface area contributed by atoms with E-state index in [9.17, 15) is 13.6 Å². The summed E-state index contributed by atoms with van der Waals surface area (Å²) in [5.41, 5.74) is -0.946. The Kier molecular flexibility index (Phi) is 5.99. The lowest BCUT2D eigenvalue weighted by molar-refractivity contribution is -0.0797. The highest BCUT2D eigenvalue weighted by atomic mass is 32.2. The first-order valence-corrected chi connectivity index (χ1v) is 9.12. The average Bonchev–Trinajstić information content (AvgIpc) is 2.77. The lowest BCUT2D eigenvalue weighted by Gasteiger charge is -2.34. The molecule has 1 aliphatic heterocycles. The van der Waals surface area contributed by atoms with Crippen molar-refractivity contribution in [3.8, 4) is 0 Å². The number of carbonyl (C=O) groups is 1. The van der Waals surface area contributed by atoms with E-state index in [1.165, 1.54) is 4.90 Å². The summed E-state index contributed by atoms with van der Waals surface area (Å²) in [6, 6.07) is 5.79. The Morgan fingerprint density at radius 1 is 1.28 bits per heavy atom. The molecule has 1 aromatic rings. The van der Waals surface area contributed by atoms with E-state index < -0.39 is 42.2 Å². The second kappa shape index (κ2) is 7.50. The second-order valence-corrected chi connectivity index (χ2v) is 8.36. The van der Waals surface area contributed by atoms with Gasteiger partial charge in [-0.3, -0.25) is 4.90 Å². The van der Waals surface area contributed by atoms with Crippen molar-refractivity contribution in [2.75, 3.05) is 12.7 Å². The molecule has 1 amide bonds. The van der Waals surface area contributed by atoms with Crippen molar-refractivity contribution in [2.24, 2.45) is 0 Å². The summed E-state index contributed by atoms with van der Waals surface area (Å²) < 4.78 is 37.7. The number of carbonyl (C=O) groups excluding carboxylic acids is 1. The van der Waals surface area contributed by atoms with Crippen LogP contribution in [0.5, 0.6) is 0 Å². The topological polar surface area (TPSA) is 38.8 Å². The molecule has 7 heteroatoms. The minimum atomic E-state index is -1.00. The Balaban J connectivity index is 2.27. The molecular weight excluding hydrogens is 348 g/mol. The van der Waals surface area contributed by atoms with Crippen LogP contribution in [0, 0.1) is 0 Å². The Morgan fingerprint density at radius 2 is 1.88 bits per heavy atom. The first kappa shape index (κ1) is 20.0. The molecule has 0 aliphatic carbocycles. The highest BCUT2D eigenvalue weighted by molar-refractivity contribution is 7.99. The number of alkyl halides is 2. The van der Waals surface area contributed by atoms with Crippen LogP contribution in [0.4, 0.5) is 13.6 Å². The zero-order valence-electron chi connectivity index (χ0n) is 15.2. The van der Waals surface area contributed by atoms with Crippen molar-refractivity contribution in [1.82, 2.24) is 4.90 Å². The molecule has 0 radical (unpaired) electrons. The minimum absolute atomic E-state index is 0.508. The Labute approximate surface area is 151 Å². The van der Waals surface area contributed by atoms with Crippen LogP contribution in [0.3, 0.4) is 0 Å². The van der Waals surface area contributed by atoms with Crippen LogP contribution in [-0.2, 0) is 9.47 Å². The molecule has 1 heterocycles. The summed E-state index contributed by atoms with van der Waals surface area (Å²) in [6.45, 7) is 7.96. The molecule has 25 heavy (non-hydrogen) atoms. The third kappa shape index (κ3) is 4.64. The van der Waals surface area contributed by atoms with Crippen molar-refractivity contribution >= 4 is 17.9 Å².